The summed E-state index contributed by atoms with van der Waals surface area (Å²) in [6.07, 6.45) is 1.25. The van der Waals surface area contributed by atoms with E-state index in [0.717, 1.165) is 61.2 Å². The van der Waals surface area contributed by atoms with Gasteiger partial charge in [-0.2, -0.15) is 0 Å². The Bertz CT molecular complexity index is 682. The molecule has 4 rings (SSSR count). The molecule has 1 aromatic carbocycles. The van der Waals surface area contributed by atoms with E-state index in [0.29, 0.717) is 13.2 Å². The van der Waals surface area contributed by atoms with Crippen molar-refractivity contribution in [3.63, 3.8) is 0 Å². The SMILES string of the molecule is Cc1c(C(O)CN2CCC3(CCNC3=O)CC2)ccc2c1COC2O. The van der Waals surface area contributed by atoms with Crippen LogP contribution in [0.3, 0.4) is 0 Å². The van der Waals surface area contributed by atoms with Crippen LogP contribution in [0, 0.1) is 12.3 Å². The van der Waals surface area contributed by atoms with E-state index in [-0.39, 0.29) is 11.3 Å². The molecule has 3 heterocycles. The number of aliphatic hydroxyl groups is 2. The summed E-state index contributed by atoms with van der Waals surface area (Å²) in [7, 11) is 0. The van der Waals surface area contributed by atoms with Crippen molar-refractivity contribution in [2.75, 3.05) is 26.2 Å². The van der Waals surface area contributed by atoms with Crippen molar-refractivity contribution in [3.05, 3.63) is 34.4 Å². The maximum absolute atomic E-state index is 12.1. The van der Waals surface area contributed by atoms with Gasteiger partial charge in [-0.05, 0) is 56.0 Å². The number of rotatable bonds is 3. The van der Waals surface area contributed by atoms with E-state index in [1.165, 1.54) is 0 Å². The minimum Gasteiger partial charge on any atom is -0.387 e. The Balaban J connectivity index is 1.42. The minimum absolute atomic E-state index is 0.168. The lowest BCUT2D eigenvalue weighted by molar-refractivity contribution is -0.130. The predicted molar refractivity (Wildman–Crippen MR) is 91.6 cm³/mol. The van der Waals surface area contributed by atoms with Crippen molar-refractivity contribution in [1.82, 2.24) is 10.2 Å². The fraction of sp³-hybridized carbons (Fsp3) is 0.632. The van der Waals surface area contributed by atoms with Crippen LogP contribution in [-0.4, -0.2) is 47.2 Å². The number of β-amino-alcohol motifs (C(OH)–C–C–N with tert-alkyl or cyclic N) is 1. The number of carbonyl (C=O) groups is 1. The number of benzene rings is 1. The van der Waals surface area contributed by atoms with Crippen LogP contribution >= 0.6 is 0 Å². The third kappa shape index (κ3) is 2.87. The van der Waals surface area contributed by atoms with Crippen molar-refractivity contribution in [2.24, 2.45) is 5.41 Å². The molecule has 0 saturated carbocycles. The number of carbonyl (C=O) groups excluding carboxylic acids is 1. The van der Waals surface area contributed by atoms with Crippen LogP contribution in [0.4, 0.5) is 0 Å². The van der Waals surface area contributed by atoms with E-state index >= 15 is 0 Å². The van der Waals surface area contributed by atoms with E-state index in [1.54, 1.807) is 0 Å². The second kappa shape index (κ2) is 6.36. The van der Waals surface area contributed by atoms with Gasteiger partial charge in [-0.25, -0.2) is 0 Å². The van der Waals surface area contributed by atoms with Gasteiger partial charge in [-0.3, -0.25) is 4.79 Å². The Labute approximate surface area is 147 Å². The van der Waals surface area contributed by atoms with Gasteiger partial charge in [0.25, 0.3) is 0 Å². The first-order valence-corrected chi connectivity index (χ1v) is 9.11. The molecule has 6 nitrogen and oxygen atoms in total. The van der Waals surface area contributed by atoms with Gasteiger partial charge in [0.2, 0.25) is 5.91 Å². The molecule has 25 heavy (non-hydrogen) atoms. The predicted octanol–water partition coefficient (Wildman–Crippen LogP) is 1.15. The van der Waals surface area contributed by atoms with Gasteiger partial charge >= 0.3 is 0 Å². The first-order chi connectivity index (χ1) is 12.0. The minimum atomic E-state index is -0.851. The topological polar surface area (TPSA) is 82.0 Å². The highest BCUT2D eigenvalue weighted by Gasteiger charge is 2.44. The summed E-state index contributed by atoms with van der Waals surface area (Å²) in [5.74, 6) is 0.209. The molecule has 1 spiro atoms. The van der Waals surface area contributed by atoms with E-state index in [4.69, 9.17) is 4.74 Å². The van der Waals surface area contributed by atoms with E-state index < -0.39 is 12.4 Å². The summed E-state index contributed by atoms with van der Waals surface area (Å²) in [4.78, 5) is 14.3. The zero-order valence-electron chi connectivity index (χ0n) is 14.6. The molecule has 3 N–H and O–H groups in total. The summed E-state index contributed by atoms with van der Waals surface area (Å²) < 4.78 is 5.28. The molecule has 0 aromatic heterocycles. The molecule has 2 atom stereocenters. The van der Waals surface area contributed by atoms with E-state index in [2.05, 4.69) is 10.2 Å². The highest BCUT2D eigenvalue weighted by atomic mass is 16.6. The molecule has 2 fully saturated rings. The maximum atomic E-state index is 12.1. The highest BCUT2D eigenvalue weighted by molar-refractivity contribution is 5.84. The molecule has 0 radical (unpaired) electrons. The lowest BCUT2D eigenvalue weighted by Gasteiger charge is -2.38. The smallest absolute Gasteiger partial charge is 0.226 e. The Morgan fingerprint density at radius 3 is 2.80 bits per heavy atom. The number of aliphatic hydroxyl groups excluding tert-OH is 2. The van der Waals surface area contributed by atoms with Gasteiger partial charge in [-0.1, -0.05) is 12.1 Å². The third-order valence-corrected chi connectivity index (χ3v) is 6.30. The Morgan fingerprint density at radius 2 is 2.12 bits per heavy atom. The van der Waals surface area contributed by atoms with Gasteiger partial charge in [0.15, 0.2) is 6.29 Å². The number of fused-ring (bicyclic) bond motifs is 1. The van der Waals surface area contributed by atoms with Crippen molar-refractivity contribution < 1.29 is 19.7 Å². The monoisotopic (exact) mass is 346 g/mol. The normalized spacial score (nSPS) is 26.7. The van der Waals surface area contributed by atoms with Gasteiger partial charge < -0.3 is 25.2 Å². The maximum Gasteiger partial charge on any atom is 0.226 e. The summed E-state index contributed by atoms with van der Waals surface area (Å²) >= 11 is 0. The van der Waals surface area contributed by atoms with Crippen molar-refractivity contribution in [3.8, 4) is 0 Å². The molecule has 0 aliphatic carbocycles. The van der Waals surface area contributed by atoms with Gasteiger partial charge in [0.1, 0.15) is 0 Å². The number of likely N-dealkylation sites (tertiary alicyclic amines) is 1. The fourth-order valence-corrected chi connectivity index (χ4v) is 4.53. The zero-order valence-corrected chi connectivity index (χ0v) is 14.6. The van der Waals surface area contributed by atoms with E-state index in [9.17, 15) is 15.0 Å². The Hall–Kier alpha value is -1.47. The number of nitrogens with zero attached hydrogens (tertiary/aromatic N) is 1. The fourth-order valence-electron chi connectivity index (χ4n) is 4.53. The largest absolute Gasteiger partial charge is 0.387 e. The summed E-state index contributed by atoms with van der Waals surface area (Å²) in [5.41, 5.74) is 3.53. The molecule has 136 valence electrons. The van der Waals surface area contributed by atoms with Crippen molar-refractivity contribution >= 4 is 5.91 Å². The average Bonchev–Trinajstić information content (AvgIpc) is 3.15. The van der Waals surface area contributed by atoms with Crippen LogP contribution in [0.15, 0.2) is 12.1 Å². The molecule has 1 amide bonds. The van der Waals surface area contributed by atoms with Crippen LogP contribution in [0.1, 0.15) is 53.9 Å². The third-order valence-electron chi connectivity index (χ3n) is 6.30. The Morgan fingerprint density at radius 1 is 1.36 bits per heavy atom. The standard InChI is InChI=1S/C19H26N2O4/c1-12-13(2-3-14-15(12)11-25-17(14)23)16(22)10-21-8-5-19(6-9-21)4-7-20-18(19)24/h2-3,16-17,22-23H,4-11H2,1H3,(H,20,24). The number of piperidine rings is 1. The molecule has 3 aliphatic heterocycles. The quantitative estimate of drug-likeness (QED) is 0.765. The molecule has 2 saturated heterocycles. The summed E-state index contributed by atoms with van der Waals surface area (Å²) in [6.45, 7) is 5.42. The van der Waals surface area contributed by atoms with Crippen LogP contribution in [0.5, 0.6) is 0 Å². The van der Waals surface area contributed by atoms with Gasteiger partial charge in [-0.15, -0.1) is 0 Å². The van der Waals surface area contributed by atoms with Crippen LogP contribution in [-0.2, 0) is 16.1 Å². The number of amides is 1. The van der Waals surface area contributed by atoms with Crippen molar-refractivity contribution in [1.29, 1.82) is 0 Å². The van der Waals surface area contributed by atoms with Crippen molar-refractivity contribution in [2.45, 2.75) is 45.2 Å². The average molecular weight is 346 g/mol. The second-order valence-corrected chi connectivity index (χ2v) is 7.61. The molecule has 2 unspecified atom stereocenters. The number of hydrogen-bond donors (Lipinski definition) is 3. The lowest BCUT2D eigenvalue weighted by atomic mass is 9.77. The molecule has 6 heteroatoms. The molecular formula is C19H26N2O4. The van der Waals surface area contributed by atoms with Gasteiger partial charge in [0.05, 0.1) is 18.1 Å². The van der Waals surface area contributed by atoms with Crippen LogP contribution in [0.2, 0.25) is 0 Å². The molecule has 1 aromatic rings. The molecule has 3 aliphatic rings. The number of hydrogen-bond acceptors (Lipinski definition) is 5. The second-order valence-electron chi connectivity index (χ2n) is 7.61. The number of ether oxygens (including phenoxy) is 1. The number of nitrogens with one attached hydrogen (secondary N) is 1. The van der Waals surface area contributed by atoms with Crippen LogP contribution in [0.25, 0.3) is 0 Å². The van der Waals surface area contributed by atoms with Gasteiger partial charge in [0, 0.05) is 18.7 Å². The lowest BCUT2D eigenvalue weighted by Crippen LogP contribution is -2.45. The first-order valence-electron chi connectivity index (χ1n) is 9.11. The summed E-state index contributed by atoms with van der Waals surface area (Å²) in [6, 6.07) is 3.75. The van der Waals surface area contributed by atoms with E-state index in [1.807, 2.05) is 19.1 Å². The first kappa shape index (κ1) is 17.0. The Kier molecular flexibility index (Phi) is 4.32. The van der Waals surface area contributed by atoms with Crippen LogP contribution < -0.4 is 5.32 Å². The zero-order chi connectivity index (χ0) is 17.6. The molecule has 0 bridgehead atoms. The summed E-state index contributed by atoms with van der Waals surface area (Å²) in [5, 5.41) is 23.5. The molecular weight excluding hydrogens is 320 g/mol. The highest BCUT2D eigenvalue weighted by Crippen LogP contribution is 2.39.